The first kappa shape index (κ1) is 15.9. The van der Waals surface area contributed by atoms with Gasteiger partial charge >= 0.3 is 5.97 Å². The van der Waals surface area contributed by atoms with Crippen LogP contribution >= 0.6 is 0 Å². The summed E-state index contributed by atoms with van der Waals surface area (Å²) >= 11 is 0. The zero-order chi connectivity index (χ0) is 16.9. The smallest absolute Gasteiger partial charge is 0.360 e. The Morgan fingerprint density at radius 1 is 1.25 bits per heavy atom. The SMILES string of the molecule is CC(C)c1ocnc1C(=O)OCCNc1ncnc2ccccc12. The Kier molecular flexibility index (Phi) is 4.69. The van der Waals surface area contributed by atoms with Gasteiger partial charge in [0.1, 0.15) is 24.5 Å². The van der Waals surface area contributed by atoms with Crippen molar-refractivity contribution >= 4 is 22.7 Å². The summed E-state index contributed by atoms with van der Waals surface area (Å²) in [4.78, 5) is 24.4. The largest absolute Gasteiger partial charge is 0.459 e. The molecule has 0 aliphatic rings. The molecule has 2 aromatic heterocycles. The lowest BCUT2D eigenvalue weighted by atomic mass is 10.1. The van der Waals surface area contributed by atoms with Crippen molar-refractivity contribution < 1.29 is 13.9 Å². The molecule has 1 aromatic carbocycles. The lowest BCUT2D eigenvalue weighted by molar-refractivity contribution is 0.0511. The quantitative estimate of drug-likeness (QED) is 0.550. The van der Waals surface area contributed by atoms with Crippen LogP contribution in [-0.4, -0.2) is 34.1 Å². The predicted molar refractivity (Wildman–Crippen MR) is 88.9 cm³/mol. The Bertz CT molecular complexity index is 839. The fourth-order valence-corrected chi connectivity index (χ4v) is 2.35. The van der Waals surface area contributed by atoms with Crippen molar-refractivity contribution in [2.45, 2.75) is 19.8 Å². The van der Waals surface area contributed by atoms with Crippen LogP contribution in [0.5, 0.6) is 0 Å². The molecule has 0 saturated carbocycles. The highest BCUT2D eigenvalue weighted by molar-refractivity contribution is 5.89. The summed E-state index contributed by atoms with van der Waals surface area (Å²) in [6.45, 7) is 4.49. The van der Waals surface area contributed by atoms with Gasteiger partial charge in [0.15, 0.2) is 12.1 Å². The van der Waals surface area contributed by atoms with E-state index < -0.39 is 5.97 Å². The zero-order valence-electron chi connectivity index (χ0n) is 13.5. The molecule has 0 aliphatic carbocycles. The molecule has 0 bridgehead atoms. The lowest BCUT2D eigenvalue weighted by Crippen LogP contribution is -2.16. The van der Waals surface area contributed by atoms with E-state index >= 15 is 0 Å². The van der Waals surface area contributed by atoms with Crippen LogP contribution < -0.4 is 5.32 Å². The first-order valence-electron chi connectivity index (χ1n) is 7.71. The summed E-state index contributed by atoms with van der Waals surface area (Å²) in [5, 5.41) is 4.07. The van der Waals surface area contributed by atoms with Crippen molar-refractivity contribution in [3.8, 4) is 0 Å². The number of anilines is 1. The summed E-state index contributed by atoms with van der Waals surface area (Å²) in [6, 6.07) is 7.70. The van der Waals surface area contributed by atoms with Gasteiger partial charge in [-0.1, -0.05) is 26.0 Å². The molecule has 2 heterocycles. The number of para-hydroxylation sites is 1. The fourth-order valence-electron chi connectivity index (χ4n) is 2.35. The molecule has 0 aliphatic heterocycles. The van der Waals surface area contributed by atoms with Crippen molar-refractivity contribution in [2.24, 2.45) is 0 Å². The highest BCUT2D eigenvalue weighted by Gasteiger charge is 2.20. The molecular weight excluding hydrogens is 308 g/mol. The Hall–Kier alpha value is -2.96. The molecule has 0 radical (unpaired) electrons. The number of benzene rings is 1. The van der Waals surface area contributed by atoms with Crippen molar-refractivity contribution in [3.63, 3.8) is 0 Å². The molecule has 7 nitrogen and oxygen atoms in total. The van der Waals surface area contributed by atoms with Crippen LogP contribution in [0.2, 0.25) is 0 Å². The number of hydrogen-bond acceptors (Lipinski definition) is 7. The summed E-state index contributed by atoms with van der Waals surface area (Å²) in [5.41, 5.74) is 1.09. The molecule has 124 valence electrons. The molecule has 0 fully saturated rings. The Balaban J connectivity index is 1.57. The van der Waals surface area contributed by atoms with E-state index in [1.54, 1.807) is 0 Å². The van der Waals surface area contributed by atoms with Gasteiger partial charge in [0, 0.05) is 11.3 Å². The average molecular weight is 326 g/mol. The van der Waals surface area contributed by atoms with Crippen molar-refractivity contribution in [1.82, 2.24) is 15.0 Å². The number of nitrogens with one attached hydrogen (secondary N) is 1. The number of fused-ring (bicyclic) bond motifs is 1. The first-order valence-corrected chi connectivity index (χ1v) is 7.71. The third-order valence-corrected chi connectivity index (χ3v) is 3.48. The predicted octanol–water partition coefficient (Wildman–Crippen LogP) is 3.01. The molecule has 7 heteroatoms. The molecule has 0 atom stereocenters. The van der Waals surface area contributed by atoms with Gasteiger partial charge in [-0.2, -0.15) is 0 Å². The van der Waals surface area contributed by atoms with Crippen molar-refractivity contribution in [3.05, 3.63) is 48.4 Å². The monoisotopic (exact) mass is 326 g/mol. The van der Waals surface area contributed by atoms with Crippen LogP contribution in [-0.2, 0) is 4.74 Å². The molecule has 0 spiro atoms. The van der Waals surface area contributed by atoms with E-state index in [9.17, 15) is 4.79 Å². The second-order valence-electron chi connectivity index (χ2n) is 5.52. The molecule has 3 aromatic rings. The number of oxazole rings is 1. The number of hydrogen-bond donors (Lipinski definition) is 1. The van der Waals surface area contributed by atoms with Gasteiger partial charge in [0.05, 0.1) is 12.1 Å². The van der Waals surface area contributed by atoms with E-state index in [1.165, 1.54) is 12.7 Å². The van der Waals surface area contributed by atoms with Crippen LogP contribution in [0.25, 0.3) is 10.9 Å². The minimum absolute atomic E-state index is 0.0700. The Labute approximate surface area is 139 Å². The van der Waals surface area contributed by atoms with Gasteiger partial charge in [-0.05, 0) is 12.1 Å². The van der Waals surface area contributed by atoms with Crippen LogP contribution in [0, 0.1) is 0 Å². The molecule has 3 rings (SSSR count). The van der Waals surface area contributed by atoms with E-state index in [0.29, 0.717) is 18.1 Å². The van der Waals surface area contributed by atoms with E-state index in [0.717, 1.165) is 10.9 Å². The molecule has 0 amide bonds. The van der Waals surface area contributed by atoms with Crippen LogP contribution in [0.1, 0.15) is 36.0 Å². The second kappa shape index (κ2) is 7.08. The topological polar surface area (TPSA) is 90.1 Å². The van der Waals surface area contributed by atoms with E-state index in [2.05, 4.69) is 20.3 Å². The maximum absolute atomic E-state index is 12.1. The molecule has 24 heavy (non-hydrogen) atoms. The highest BCUT2D eigenvalue weighted by Crippen LogP contribution is 2.19. The minimum Gasteiger partial charge on any atom is -0.459 e. The Morgan fingerprint density at radius 3 is 2.92 bits per heavy atom. The zero-order valence-corrected chi connectivity index (χ0v) is 13.5. The second-order valence-corrected chi connectivity index (χ2v) is 5.52. The number of aromatic nitrogens is 3. The van der Waals surface area contributed by atoms with Crippen LogP contribution in [0.3, 0.4) is 0 Å². The summed E-state index contributed by atoms with van der Waals surface area (Å²) < 4.78 is 10.5. The number of rotatable bonds is 6. The van der Waals surface area contributed by atoms with E-state index in [-0.39, 0.29) is 18.2 Å². The number of nitrogens with zero attached hydrogens (tertiary/aromatic N) is 3. The third kappa shape index (κ3) is 3.34. The van der Waals surface area contributed by atoms with E-state index in [1.807, 2.05) is 38.1 Å². The number of carbonyl (C=O) groups excluding carboxylic acids is 1. The number of carbonyl (C=O) groups is 1. The maximum atomic E-state index is 12.1. The van der Waals surface area contributed by atoms with Gasteiger partial charge in [-0.25, -0.2) is 19.7 Å². The molecule has 0 unspecified atom stereocenters. The van der Waals surface area contributed by atoms with Gasteiger partial charge in [0.2, 0.25) is 0 Å². The summed E-state index contributed by atoms with van der Waals surface area (Å²) in [5.74, 6) is 0.832. The minimum atomic E-state index is -0.484. The van der Waals surface area contributed by atoms with Gasteiger partial charge in [-0.3, -0.25) is 0 Å². The van der Waals surface area contributed by atoms with E-state index in [4.69, 9.17) is 9.15 Å². The van der Waals surface area contributed by atoms with Crippen LogP contribution in [0.4, 0.5) is 5.82 Å². The molecule has 0 saturated heterocycles. The summed E-state index contributed by atoms with van der Waals surface area (Å²) in [7, 11) is 0. The fraction of sp³-hybridized carbons (Fsp3) is 0.294. The van der Waals surface area contributed by atoms with Gasteiger partial charge in [0.25, 0.3) is 0 Å². The van der Waals surface area contributed by atoms with Gasteiger partial charge < -0.3 is 14.5 Å². The number of ether oxygens (including phenoxy) is 1. The standard InChI is InChI=1S/C17H18N4O3/c1-11(2)15-14(21-10-24-15)17(22)23-8-7-18-16-12-5-3-4-6-13(12)19-9-20-16/h3-6,9-11H,7-8H2,1-2H3,(H,18,19,20). The van der Waals surface area contributed by atoms with Crippen LogP contribution in [0.15, 0.2) is 41.4 Å². The average Bonchev–Trinajstić information content (AvgIpc) is 3.09. The first-order chi connectivity index (χ1) is 11.7. The highest BCUT2D eigenvalue weighted by atomic mass is 16.5. The molecular formula is C17H18N4O3. The summed E-state index contributed by atoms with van der Waals surface area (Å²) in [6.07, 6.45) is 2.76. The van der Waals surface area contributed by atoms with Gasteiger partial charge in [-0.15, -0.1) is 0 Å². The third-order valence-electron chi connectivity index (χ3n) is 3.48. The lowest BCUT2D eigenvalue weighted by Gasteiger charge is -2.09. The normalized spacial score (nSPS) is 11.0. The Morgan fingerprint density at radius 2 is 2.08 bits per heavy atom. The molecule has 1 N–H and O–H groups in total. The maximum Gasteiger partial charge on any atom is 0.360 e. The van der Waals surface area contributed by atoms with Crippen molar-refractivity contribution in [2.75, 3.05) is 18.5 Å². The number of esters is 1. The van der Waals surface area contributed by atoms with Crippen molar-refractivity contribution in [1.29, 1.82) is 0 Å².